The fourth-order valence-electron chi connectivity index (χ4n) is 6.62. The van der Waals surface area contributed by atoms with Crippen LogP contribution in [0, 0.1) is 0 Å². The van der Waals surface area contributed by atoms with Gasteiger partial charge in [-0.2, -0.15) is 0 Å². The smallest absolute Gasteiger partial charge is 0.488 e. The molecule has 6 nitrogen and oxygen atoms in total. The van der Waals surface area contributed by atoms with Gasteiger partial charge in [0.2, 0.25) is 5.78 Å². The molecule has 262 valence electrons. The summed E-state index contributed by atoms with van der Waals surface area (Å²) in [5, 5.41) is 0. The number of hydrogen-bond acceptors (Lipinski definition) is 4. The van der Waals surface area contributed by atoms with Crippen molar-refractivity contribution in [1.29, 1.82) is 0 Å². The van der Waals surface area contributed by atoms with Gasteiger partial charge in [0.05, 0.1) is 11.4 Å². The third-order valence-electron chi connectivity index (χ3n) is 9.52. The highest BCUT2D eigenvalue weighted by Crippen LogP contribution is 2.38. The van der Waals surface area contributed by atoms with Crippen LogP contribution in [-0.2, 0) is 17.5 Å². The van der Waals surface area contributed by atoms with Gasteiger partial charge in [-0.1, -0.05) is 129 Å². The molecule has 0 radical (unpaired) electrons. The number of aromatic amines is 2. The van der Waals surface area contributed by atoms with Crippen LogP contribution in [0.4, 0.5) is 0 Å². The average molecular weight is 657 g/mol. The highest BCUT2D eigenvalue weighted by atomic mass is 16.8. The summed E-state index contributed by atoms with van der Waals surface area (Å²) in [6.07, 6.45) is 33.8. The Kier molecular flexibility index (Phi) is 17.4. The van der Waals surface area contributed by atoms with Crippen LogP contribution in [-0.4, -0.2) is 23.1 Å². The highest BCUT2D eigenvalue weighted by Gasteiger charge is 2.39. The van der Waals surface area contributed by atoms with Gasteiger partial charge in [0.1, 0.15) is 17.3 Å². The zero-order valence-electron chi connectivity index (χ0n) is 30.0. The maximum absolute atomic E-state index is 12.9. The Labute approximate surface area is 291 Å². The fourth-order valence-corrected chi connectivity index (χ4v) is 6.62. The van der Waals surface area contributed by atoms with Gasteiger partial charge >= 0.3 is 7.32 Å². The lowest BCUT2D eigenvalue weighted by Crippen LogP contribution is -2.28. The molecule has 0 unspecified atom stereocenters. The number of benzene rings is 1. The SMILES string of the molecule is CCCCCCCCCCCCc1cc2c(cc1CCCCCCCCCCCC)OB(O/C(=C\C(=O)c1ccc[nH]1)c1ccc[nH]1)O2. The fraction of sp³-hybridized carbons (Fsp3) is 0.585. The van der Waals surface area contributed by atoms with E-state index in [0.29, 0.717) is 17.1 Å². The summed E-state index contributed by atoms with van der Waals surface area (Å²) in [5.74, 6) is 1.62. The summed E-state index contributed by atoms with van der Waals surface area (Å²) >= 11 is 0. The average Bonchev–Trinajstić information content (AvgIpc) is 3.89. The number of carbonyl (C=O) groups is 1. The normalized spacial score (nSPS) is 12.6. The van der Waals surface area contributed by atoms with E-state index in [0.717, 1.165) is 24.3 Å². The Bertz CT molecular complexity index is 1270. The number of hydrogen-bond donors (Lipinski definition) is 2. The lowest BCUT2D eigenvalue weighted by atomic mass is 9.95. The summed E-state index contributed by atoms with van der Waals surface area (Å²) in [4.78, 5) is 19.0. The van der Waals surface area contributed by atoms with Gasteiger partial charge in [0.15, 0.2) is 0 Å². The van der Waals surface area contributed by atoms with Crippen LogP contribution in [0.5, 0.6) is 11.5 Å². The molecule has 3 heterocycles. The molecule has 7 heteroatoms. The van der Waals surface area contributed by atoms with E-state index in [1.54, 1.807) is 24.5 Å². The molecule has 0 spiro atoms. The summed E-state index contributed by atoms with van der Waals surface area (Å²) in [5.41, 5.74) is 3.92. The zero-order chi connectivity index (χ0) is 33.7. The number of fused-ring (bicyclic) bond motifs is 1. The number of rotatable bonds is 27. The van der Waals surface area contributed by atoms with Crippen LogP contribution in [0.2, 0.25) is 0 Å². The minimum atomic E-state index is -0.969. The molecule has 0 saturated heterocycles. The standard InChI is InChI=1S/C41H61BN2O4/c1-3-5-7-9-11-13-15-17-19-21-25-34-31-40-41(32-35(34)26-22-20-18-16-14-12-10-8-6-4-2)48-42(47-40)46-39(37-28-24-30-44-37)33-38(45)36-27-23-29-43-36/h23-24,27-33,43-44H,3-22,25-26H2,1-2H3/b39-33-. The molecule has 4 rings (SSSR count). The van der Waals surface area contributed by atoms with Crippen molar-refractivity contribution in [3.8, 4) is 11.5 Å². The van der Waals surface area contributed by atoms with Crippen molar-refractivity contribution in [2.24, 2.45) is 0 Å². The maximum Gasteiger partial charge on any atom is 0.864 e. The lowest BCUT2D eigenvalue weighted by Gasteiger charge is -2.12. The van der Waals surface area contributed by atoms with Crippen LogP contribution in [0.15, 0.2) is 54.9 Å². The molecule has 2 N–H and O–H groups in total. The molecular formula is C41H61BN2O4. The molecule has 0 amide bonds. The van der Waals surface area contributed by atoms with E-state index in [4.69, 9.17) is 14.0 Å². The molecule has 0 aliphatic carbocycles. The van der Waals surface area contributed by atoms with Crippen LogP contribution in [0.3, 0.4) is 0 Å². The van der Waals surface area contributed by atoms with Crippen molar-refractivity contribution in [1.82, 2.24) is 9.97 Å². The van der Waals surface area contributed by atoms with E-state index in [1.807, 2.05) is 12.1 Å². The number of aromatic nitrogens is 2. The summed E-state index contributed by atoms with van der Waals surface area (Å²) in [7, 11) is -0.969. The molecule has 2 aromatic heterocycles. The molecule has 1 aromatic carbocycles. The molecule has 48 heavy (non-hydrogen) atoms. The largest absolute Gasteiger partial charge is 0.864 e. The molecule has 0 saturated carbocycles. The summed E-state index contributed by atoms with van der Waals surface area (Å²) < 4.78 is 18.6. The molecule has 1 aliphatic heterocycles. The lowest BCUT2D eigenvalue weighted by molar-refractivity contribution is 0.104. The third-order valence-corrected chi connectivity index (χ3v) is 9.52. The van der Waals surface area contributed by atoms with Crippen LogP contribution in [0.1, 0.15) is 170 Å². The van der Waals surface area contributed by atoms with Crippen LogP contribution < -0.4 is 9.31 Å². The van der Waals surface area contributed by atoms with Gasteiger partial charge in [0, 0.05) is 18.5 Å². The van der Waals surface area contributed by atoms with Crippen molar-refractivity contribution in [2.45, 2.75) is 155 Å². The number of ketones is 1. The van der Waals surface area contributed by atoms with Crippen LogP contribution >= 0.6 is 0 Å². The molecule has 0 atom stereocenters. The second kappa shape index (κ2) is 22.3. The van der Waals surface area contributed by atoms with Gasteiger partial charge in [-0.25, -0.2) is 0 Å². The van der Waals surface area contributed by atoms with E-state index >= 15 is 0 Å². The van der Waals surface area contributed by atoms with Gasteiger partial charge in [-0.3, -0.25) is 4.79 Å². The van der Waals surface area contributed by atoms with Crippen molar-refractivity contribution >= 4 is 18.9 Å². The predicted octanol–water partition coefficient (Wildman–Crippen LogP) is 12.0. The van der Waals surface area contributed by atoms with E-state index in [9.17, 15) is 4.79 Å². The van der Waals surface area contributed by atoms with Crippen LogP contribution in [0.25, 0.3) is 5.76 Å². The Morgan fingerprint density at radius 1 is 0.625 bits per heavy atom. The molecule has 3 aromatic rings. The zero-order valence-corrected chi connectivity index (χ0v) is 30.0. The molecular weight excluding hydrogens is 595 g/mol. The van der Waals surface area contributed by atoms with Gasteiger partial charge in [-0.05, 0) is 73.2 Å². The molecule has 1 aliphatic rings. The molecule has 0 bridgehead atoms. The van der Waals surface area contributed by atoms with Gasteiger partial charge in [-0.15, -0.1) is 0 Å². The minimum absolute atomic E-state index is 0.183. The van der Waals surface area contributed by atoms with Crippen molar-refractivity contribution < 1.29 is 18.8 Å². The van der Waals surface area contributed by atoms with E-state index < -0.39 is 7.32 Å². The number of aryl methyl sites for hydroxylation is 2. The number of carbonyl (C=O) groups excluding carboxylic acids is 1. The van der Waals surface area contributed by atoms with Gasteiger partial charge < -0.3 is 23.9 Å². The first-order valence-corrected chi connectivity index (χ1v) is 19.4. The number of nitrogens with one attached hydrogen (secondary N) is 2. The second-order valence-corrected chi connectivity index (χ2v) is 13.6. The summed E-state index contributed by atoms with van der Waals surface area (Å²) in [6.45, 7) is 4.56. The summed E-state index contributed by atoms with van der Waals surface area (Å²) in [6, 6.07) is 11.6. The topological polar surface area (TPSA) is 76.3 Å². The van der Waals surface area contributed by atoms with Crippen molar-refractivity contribution in [2.75, 3.05) is 0 Å². The van der Waals surface area contributed by atoms with Crippen molar-refractivity contribution in [3.05, 3.63) is 77.4 Å². The minimum Gasteiger partial charge on any atom is -0.488 e. The van der Waals surface area contributed by atoms with Gasteiger partial charge in [0.25, 0.3) is 0 Å². The first kappa shape index (κ1) is 37.5. The van der Waals surface area contributed by atoms with Crippen molar-refractivity contribution in [3.63, 3.8) is 0 Å². The Balaban J connectivity index is 1.32. The Hall–Kier alpha value is -3.35. The first-order chi connectivity index (χ1) is 23.7. The highest BCUT2D eigenvalue weighted by molar-refractivity contribution is 6.41. The molecule has 0 fully saturated rings. The quantitative estimate of drug-likeness (QED) is 0.0281. The predicted molar refractivity (Wildman–Crippen MR) is 200 cm³/mol. The number of allylic oxidation sites excluding steroid dienone is 1. The Morgan fingerprint density at radius 3 is 1.46 bits per heavy atom. The maximum atomic E-state index is 12.9. The monoisotopic (exact) mass is 656 g/mol. The third kappa shape index (κ3) is 13.3. The van der Waals surface area contributed by atoms with E-state index in [1.165, 1.54) is 146 Å². The Morgan fingerprint density at radius 2 is 1.04 bits per heavy atom. The number of unbranched alkanes of at least 4 members (excludes halogenated alkanes) is 18. The number of H-pyrrole nitrogens is 2. The first-order valence-electron chi connectivity index (χ1n) is 19.4. The van der Waals surface area contributed by atoms with E-state index in [2.05, 4.69) is 35.9 Å². The van der Waals surface area contributed by atoms with E-state index in [-0.39, 0.29) is 5.78 Å². The second-order valence-electron chi connectivity index (χ2n) is 13.6.